The Labute approximate surface area is 224 Å². The molecule has 5 N–H and O–H groups in total. The van der Waals surface area contributed by atoms with Crippen LogP contribution >= 0.6 is 0 Å². The molecule has 0 bridgehead atoms. The Morgan fingerprint density at radius 1 is 0.410 bits per heavy atom. The first-order valence-electron chi connectivity index (χ1n) is 12.2. The molecule has 0 unspecified atom stereocenters. The normalized spacial score (nSPS) is 10.8. The first-order valence-corrected chi connectivity index (χ1v) is 12.2. The standard InChI is InChI=1S/C30H23N9/c31-19-15-25(21-7-1-3-13-33-21)35-27(17-19)23-9-5-11-29(37-23)39-30-12-6-10-24(38-30)28-18-20(32)16-26(36-28)22-8-2-4-14-34-22/h1-18H,(H2,31,35)(H2,32,36)(H,37,38,39). The van der Waals surface area contributed by atoms with E-state index in [2.05, 4.69) is 15.3 Å². The number of hydrogen-bond acceptors (Lipinski definition) is 9. The lowest BCUT2D eigenvalue weighted by molar-refractivity contribution is 1.20. The van der Waals surface area contributed by atoms with E-state index in [4.69, 9.17) is 31.4 Å². The zero-order chi connectivity index (χ0) is 26.6. The van der Waals surface area contributed by atoms with Crippen molar-refractivity contribution in [3.05, 3.63) is 109 Å². The van der Waals surface area contributed by atoms with Crippen LogP contribution in [0.5, 0.6) is 0 Å². The summed E-state index contributed by atoms with van der Waals surface area (Å²) in [7, 11) is 0. The molecule has 6 heterocycles. The van der Waals surface area contributed by atoms with Gasteiger partial charge in [0, 0.05) is 23.8 Å². The summed E-state index contributed by atoms with van der Waals surface area (Å²) >= 11 is 0. The van der Waals surface area contributed by atoms with Crippen molar-refractivity contribution in [2.45, 2.75) is 0 Å². The Morgan fingerprint density at radius 2 is 0.821 bits per heavy atom. The maximum atomic E-state index is 6.19. The van der Waals surface area contributed by atoms with E-state index in [-0.39, 0.29) is 0 Å². The average molecular weight is 510 g/mol. The van der Waals surface area contributed by atoms with Crippen molar-refractivity contribution in [3.8, 4) is 45.6 Å². The highest BCUT2D eigenvalue weighted by Crippen LogP contribution is 2.27. The zero-order valence-electron chi connectivity index (χ0n) is 20.7. The van der Waals surface area contributed by atoms with E-state index in [1.165, 1.54) is 0 Å². The summed E-state index contributed by atoms with van der Waals surface area (Å²) in [5, 5.41) is 3.28. The Bertz CT molecular complexity index is 1630. The molecule has 0 aliphatic heterocycles. The highest BCUT2D eigenvalue weighted by Gasteiger charge is 2.11. The van der Waals surface area contributed by atoms with Crippen molar-refractivity contribution in [1.29, 1.82) is 0 Å². The number of nitrogens with zero attached hydrogens (tertiary/aromatic N) is 6. The van der Waals surface area contributed by atoms with E-state index in [1.807, 2.05) is 72.8 Å². The summed E-state index contributed by atoms with van der Waals surface area (Å²) < 4.78 is 0. The molecule has 0 fully saturated rings. The molecule has 39 heavy (non-hydrogen) atoms. The van der Waals surface area contributed by atoms with Crippen LogP contribution in [-0.2, 0) is 0 Å². The van der Waals surface area contributed by atoms with Gasteiger partial charge in [-0.25, -0.2) is 19.9 Å². The Balaban J connectivity index is 1.29. The van der Waals surface area contributed by atoms with E-state index in [9.17, 15) is 0 Å². The zero-order valence-corrected chi connectivity index (χ0v) is 20.7. The summed E-state index contributed by atoms with van der Waals surface area (Å²) in [4.78, 5) is 27.8. The molecule has 0 spiro atoms. The number of nitrogens with one attached hydrogen (secondary N) is 1. The number of rotatable bonds is 6. The van der Waals surface area contributed by atoms with Gasteiger partial charge in [-0.05, 0) is 72.8 Å². The molecular weight excluding hydrogens is 486 g/mol. The molecule has 0 radical (unpaired) electrons. The highest BCUT2D eigenvalue weighted by atomic mass is 15.1. The number of nitrogens with two attached hydrogens (primary N) is 2. The molecule has 0 atom stereocenters. The maximum Gasteiger partial charge on any atom is 0.132 e. The van der Waals surface area contributed by atoms with Crippen LogP contribution in [0.2, 0.25) is 0 Å². The molecule has 0 amide bonds. The molecule has 0 saturated carbocycles. The fourth-order valence-electron chi connectivity index (χ4n) is 4.08. The van der Waals surface area contributed by atoms with Crippen LogP contribution in [0, 0.1) is 0 Å². The second-order valence-electron chi connectivity index (χ2n) is 8.71. The predicted octanol–water partition coefficient (Wildman–Crippen LogP) is 5.63. The summed E-state index contributed by atoms with van der Waals surface area (Å²) in [6.07, 6.45) is 3.45. The fourth-order valence-corrected chi connectivity index (χ4v) is 4.08. The third-order valence-electron chi connectivity index (χ3n) is 5.83. The van der Waals surface area contributed by atoms with Crippen LogP contribution in [0.3, 0.4) is 0 Å². The number of hydrogen-bond donors (Lipinski definition) is 3. The Kier molecular flexibility index (Phi) is 6.28. The van der Waals surface area contributed by atoms with E-state index >= 15 is 0 Å². The van der Waals surface area contributed by atoms with Crippen molar-refractivity contribution in [2.24, 2.45) is 0 Å². The van der Waals surface area contributed by atoms with Crippen LogP contribution in [0.25, 0.3) is 45.6 Å². The van der Waals surface area contributed by atoms with E-state index in [0.29, 0.717) is 57.2 Å². The fraction of sp³-hybridized carbons (Fsp3) is 0. The molecule has 0 aliphatic rings. The van der Waals surface area contributed by atoms with Crippen molar-refractivity contribution < 1.29 is 0 Å². The minimum atomic E-state index is 0.579. The monoisotopic (exact) mass is 509 g/mol. The highest BCUT2D eigenvalue weighted by molar-refractivity contribution is 5.71. The van der Waals surface area contributed by atoms with Gasteiger partial charge in [0.15, 0.2) is 0 Å². The van der Waals surface area contributed by atoms with Gasteiger partial charge >= 0.3 is 0 Å². The van der Waals surface area contributed by atoms with Crippen molar-refractivity contribution >= 4 is 23.0 Å². The maximum absolute atomic E-state index is 6.19. The predicted molar refractivity (Wildman–Crippen MR) is 154 cm³/mol. The second-order valence-corrected chi connectivity index (χ2v) is 8.71. The van der Waals surface area contributed by atoms with Gasteiger partial charge in [-0.15, -0.1) is 0 Å². The largest absolute Gasteiger partial charge is 0.399 e. The van der Waals surface area contributed by atoms with Gasteiger partial charge in [0.1, 0.15) is 11.6 Å². The van der Waals surface area contributed by atoms with Gasteiger partial charge in [-0.3, -0.25) is 9.97 Å². The number of nitrogen functional groups attached to an aromatic ring is 2. The quantitative estimate of drug-likeness (QED) is 0.260. The molecule has 9 heteroatoms. The summed E-state index contributed by atoms with van der Waals surface area (Å²) in [5.74, 6) is 1.21. The van der Waals surface area contributed by atoms with Crippen LogP contribution < -0.4 is 16.8 Å². The molecule has 0 saturated heterocycles. The van der Waals surface area contributed by atoms with Gasteiger partial charge in [-0.1, -0.05) is 24.3 Å². The number of pyridine rings is 6. The van der Waals surface area contributed by atoms with Gasteiger partial charge in [-0.2, -0.15) is 0 Å². The minimum Gasteiger partial charge on any atom is -0.399 e. The van der Waals surface area contributed by atoms with Crippen LogP contribution in [0.1, 0.15) is 0 Å². The minimum absolute atomic E-state index is 0.579. The van der Waals surface area contributed by atoms with Crippen molar-refractivity contribution in [3.63, 3.8) is 0 Å². The first kappa shape index (κ1) is 23.7. The average Bonchev–Trinajstić information content (AvgIpc) is 2.98. The SMILES string of the molecule is Nc1cc(-c2ccccn2)nc(-c2cccc(Nc3cccc(-c4cc(N)cc(-c5ccccn5)n4)n3)n2)c1. The van der Waals surface area contributed by atoms with Crippen LogP contribution in [0.4, 0.5) is 23.0 Å². The Hall–Kier alpha value is -5.70. The van der Waals surface area contributed by atoms with Gasteiger partial charge in [0.05, 0.1) is 45.6 Å². The molecule has 0 aliphatic carbocycles. The smallest absolute Gasteiger partial charge is 0.132 e. The van der Waals surface area contributed by atoms with Crippen molar-refractivity contribution in [1.82, 2.24) is 29.9 Å². The van der Waals surface area contributed by atoms with E-state index < -0.39 is 0 Å². The van der Waals surface area contributed by atoms with Gasteiger partial charge in [0.2, 0.25) is 0 Å². The molecule has 6 aromatic heterocycles. The molecule has 6 rings (SSSR count). The summed E-state index contributed by atoms with van der Waals surface area (Å²) in [6.45, 7) is 0. The second kappa shape index (κ2) is 10.3. The van der Waals surface area contributed by atoms with E-state index in [0.717, 1.165) is 11.4 Å². The van der Waals surface area contributed by atoms with Crippen LogP contribution in [0.15, 0.2) is 109 Å². The van der Waals surface area contributed by atoms with Gasteiger partial charge < -0.3 is 16.8 Å². The number of aromatic nitrogens is 6. The third-order valence-corrected chi connectivity index (χ3v) is 5.83. The molecular formula is C30H23N9. The molecule has 6 aromatic rings. The lowest BCUT2D eigenvalue weighted by atomic mass is 10.1. The topological polar surface area (TPSA) is 141 Å². The first-order chi connectivity index (χ1) is 19.1. The van der Waals surface area contributed by atoms with Crippen molar-refractivity contribution in [2.75, 3.05) is 16.8 Å². The lowest BCUT2D eigenvalue weighted by Gasteiger charge is -2.10. The summed E-state index contributed by atoms with van der Waals surface area (Å²) in [6, 6.07) is 29.8. The third kappa shape index (κ3) is 5.37. The Morgan fingerprint density at radius 3 is 1.23 bits per heavy atom. The van der Waals surface area contributed by atoms with Crippen LogP contribution in [-0.4, -0.2) is 29.9 Å². The number of anilines is 4. The van der Waals surface area contributed by atoms with E-state index in [1.54, 1.807) is 36.7 Å². The molecule has 9 nitrogen and oxygen atoms in total. The van der Waals surface area contributed by atoms with Gasteiger partial charge in [0.25, 0.3) is 0 Å². The lowest BCUT2D eigenvalue weighted by Crippen LogP contribution is -2.00. The molecule has 188 valence electrons. The molecule has 0 aromatic carbocycles. The summed E-state index contributed by atoms with van der Waals surface area (Å²) in [5.41, 5.74) is 19.0.